The van der Waals surface area contributed by atoms with Crippen molar-refractivity contribution < 1.29 is 4.92 Å². The van der Waals surface area contributed by atoms with Crippen molar-refractivity contribution in [2.24, 2.45) is 11.8 Å². The summed E-state index contributed by atoms with van der Waals surface area (Å²) < 4.78 is 0. The average molecular weight is 252 g/mol. The average Bonchev–Trinajstić information content (AvgIpc) is 2.25. The largest absolute Gasteiger partial charge is 0.361 e. The van der Waals surface area contributed by atoms with E-state index in [2.05, 4.69) is 20.7 Å². The van der Waals surface area contributed by atoms with Crippen LogP contribution in [-0.2, 0) is 0 Å². The lowest BCUT2D eigenvalue weighted by atomic mass is 9.80. The Bertz CT molecular complexity index is 448. The van der Waals surface area contributed by atoms with Crippen LogP contribution in [0.2, 0.25) is 0 Å². The number of rotatable bonds is 5. The SMILES string of the molecule is CC(Nc1ncnc(NN)c1[N+](=O)[O-])C1CCC1. The summed E-state index contributed by atoms with van der Waals surface area (Å²) in [4.78, 5) is 18.2. The first-order valence-corrected chi connectivity index (χ1v) is 5.86. The minimum atomic E-state index is -0.537. The molecule has 0 saturated heterocycles. The molecule has 1 heterocycles. The molecule has 98 valence electrons. The maximum atomic E-state index is 11.0. The van der Waals surface area contributed by atoms with Gasteiger partial charge in [0.05, 0.1) is 4.92 Å². The van der Waals surface area contributed by atoms with Gasteiger partial charge < -0.3 is 10.7 Å². The molecule has 0 aromatic carbocycles. The zero-order valence-electron chi connectivity index (χ0n) is 10.1. The van der Waals surface area contributed by atoms with E-state index in [-0.39, 0.29) is 23.4 Å². The first kappa shape index (κ1) is 12.5. The summed E-state index contributed by atoms with van der Waals surface area (Å²) in [5, 5.41) is 14.1. The van der Waals surface area contributed by atoms with Gasteiger partial charge in [-0.2, -0.15) is 0 Å². The molecule has 8 heteroatoms. The molecule has 1 aromatic heterocycles. The third-order valence-electron chi connectivity index (χ3n) is 3.36. The van der Waals surface area contributed by atoms with E-state index in [1.807, 2.05) is 6.92 Å². The Morgan fingerprint density at radius 1 is 1.50 bits per heavy atom. The Hall–Kier alpha value is -1.96. The van der Waals surface area contributed by atoms with Crippen molar-refractivity contribution in [2.45, 2.75) is 32.2 Å². The molecule has 1 aliphatic rings. The van der Waals surface area contributed by atoms with E-state index < -0.39 is 4.92 Å². The van der Waals surface area contributed by atoms with E-state index in [0.29, 0.717) is 5.92 Å². The predicted molar refractivity (Wildman–Crippen MR) is 66.9 cm³/mol. The molecule has 1 atom stereocenters. The molecule has 18 heavy (non-hydrogen) atoms. The zero-order valence-corrected chi connectivity index (χ0v) is 10.1. The lowest BCUT2D eigenvalue weighted by molar-refractivity contribution is -0.383. The second kappa shape index (κ2) is 5.13. The van der Waals surface area contributed by atoms with Crippen molar-refractivity contribution in [2.75, 3.05) is 10.7 Å². The highest BCUT2D eigenvalue weighted by Crippen LogP contribution is 2.34. The van der Waals surface area contributed by atoms with Gasteiger partial charge in [0, 0.05) is 6.04 Å². The van der Waals surface area contributed by atoms with E-state index in [1.54, 1.807) is 0 Å². The van der Waals surface area contributed by atoms with Gasteiger partial charge in [0.1, 0.15) is 6.33 Å². The second-order valence-electron chi connectivity index (χ2n) is 4.44. The normalized spacial score (nSPS) is 16.8. The van der Waals surface area contributed by atoms with Crippen LogP contribution in [-0.4, -0.2) is 20.9 Å². The van der Waals surface area contributed by atoms with Crippen LogP contribution in [0.25, 0.3) is 0 Å². The van der Waals surface area contributed by atoms with Gasteiger partial charge in [-0.1, -0.05) is 6.42 Å². The van der Waals surface area contributed by atoms with Crippen molar-refractivity contribution in [3.05, 3.63) is 16.4 Å². The van der Waals surface area contributed by atoms with Crippen molar-refractivity contribution >= 4 is 17.3 Å². The van der Waals surface area contributed by atoms with Crippen LogP contribution in [0, 0.1) is 16.0 Å². The Kier molecular flexibility index (Phi) is 3.56. The van der Waals surface area contributed by atoms with Crippen LogP contribution in [0.1, 0.15) is 26.2 Å². The maximum absolute atomic E-state index is 11.0. The van der Waals surface area contributed by atoms with Crippen LogP contribution >= 0.6 is 0 Å². The minimum Gasteiger partial charge on any atom is -0.361 e. The number of nitrogen functional groups attached to an aromatic ring is 1. The Morgan fingerprint density at radius 2 is 2.17 bits per heavy atom. The molecular weight excluding hydrogens is 236 g/mol. The molecule has 0 bridgehead atoms. The monoisotopic (exact) mass is 252 g/mol. The number of nitrogens with one attached hydrogen (secondary N) is 2. The number of nitro groups is 1. The van der Waals surface area contributed by atoms with E-state index in [1.165, 1.54) is 12.7 Å². The van der Waals surface area contributed by atoms with Crippen LogP contribution in [0.5, 0.6) is 0 Å². The molecule has 1 unspecified atom stereocenters. The second-order valence-corrected chi connectivity index (χ2v) is 4.44. The number of hydrazine groups is 1. The summed E-state index contributed by atoms with van der Waals surface area (Å²) in [6.07, 6.45) is 4.76. The summed E-state index contributed by atoms with van der Waals surface area (Å²) in [5.74, 6) is 5.99. The van der Waals surface area contributed by atoms with Crippen LogP contribution < -0.4 is 16.6 Å². The highest BCUT2D eigenvalue weighted by Gasteiger charge is 2.28. The molecule has 0 aliphatic heterocycles. The molecule has 1 aromatic rings. The maximum Gasteiger partial charge on any atom is 0.354 e. The number of nitrogens with zero attached hydrogens (tertiary/aromatic N) is 3. The molecule has 1 fully saturated rings. The Balaban J connectivity index is 2.23. The van der Waals surface area contributed by atoms with Gasteiger partial charge in [-0.15, -0.1) is 0 Å². The molecule has 0 spiro atoms. The number of hydrogen-bond donors (Lipinski definition) is 3. The lowest BCUT2D eigenvalue weighted by Crippen LogP contribution is -2.31. The van der Waals surface area contributed by atoms with E-state index in [4.69, 9.17) is 5.84 Å². The van der Waals surface area contributed by atoms with Crippen molar-refractivity contribution in [3.63, 3.8) is 0 Å². The fourth-order valence-electron chi connectivity index (χ4n) is 2.04. The number of nitrogens with two attached hydrogens (primary N) is 1. The van der Waals surface area contributed by atoms with Crippen molar-refractivity contribution in [1.29, 1.82) is 0 Å². The standard InChI is InChI=1S/C10H16N6O2/c1-6(7-3-2-4-7)14-9-8(16(17)18)10(15-11)13-5-12-9/h5-7H,2-4,11H2,1H3,(H2,12,13,14,15). The highest BCUT2D eigenvalue weighted by molar-refractivity contribution is 5.69. The molecule has 1 saturated carbocycles. The highest BCUT2D eigenvalue weighted by atomic mass is 16.6. The van der Waals surface area contributed by atoms with Gasteiger partial charge in [-0.05, 0) is 25.7 Å². The quantitative estimate of drug-likeness (QED) is 0.410. The van der Waals surface area contributed by atoms with Crippen LogP contribution in [0.15, 0.2) is 6.33 Å². The Labute approximate surface area is 104 Å². The summed E-state index contributed by atoms with van der Waals surface area (Å²) in [6.45, 7) is 2.01. The predicted octanol–water partition coefficient (Wildman–Crippen LogP) is 1.27. The molecule has 4 N–H and O–H groups in total. The third-order valence-corrected chi connectivity index (χ3v) is 3.36. The Morgan fingerprint density at radius 3 is 2.67 bits per heavy atom. The number of anilines is 2. The fraction of sp³-hybridized carbons (Fsp3) is 0.600. The van der Waals surface area contributed by atoms with Crippen LogP contribution in [0.4, 0.5) is 17.3 Å². The molecule has 8 nitrogen and oxygen atoms in total. The molecule has 2 rings (SSSR count). The van der Waals surface area contributed by atoms with Gasteiger partial charge in [-0.25, -0.2) is 15.8 Å². The molecular formula is C10H16N6O2. The van der Waals surface area contributed by atoms with Crippen molar-refractivity contribution in [1.82, 2.24) is 9.97 Å². The summed E-state index contributed by atoms with van der Waals surface area (Å²) in [5.41, 5.74) is 2.00. The van der Waals surface area contributed by atoms with Gasteiger partial charge in [-0.3, -0.25) is 10.1 Å². The third kappa shape index (κ3) is 2.33. The van der Waals surface area contributed by atoms with Gasteiger partial charge in [0.15, 0.2) is 0 Å². The first-order chi connectivity index (χ1) is 8.63. The summed E-state index contributed by atoms with van der Waals surface area (Å²) >= 11 is 0. The van der Waals surface area contributed by atoms with Crippen LogP contribution in [0.3, 0.4) is 0 Å². The van der Waals surface area contributed by atoms with E-state index in [9.17, 15) is 10.1 Å². The van der Waals surface area contributed by atoms with Crippen molar-refractivity contribution in [3.8, 4) is 0 Å². The lowest BCUT2D eigenvalue weighted by Gasteiger charge is -2.32. The topological polar surface area (TPSA) is 119 Å². The van der Waals surface area contributed by atoms with E-state index >= 15 is 0 Å². The molecule has 1 aliphatic carbocycles. The number of aromatic nitrogens is 2. The first-order valence-electron chi connectivity index (χ1n) is 5.86. The minimum absolute atomic E-state index is 0.0123. The molecule has 0 radical (unpaired) electrons. The summed E-state index contributed by atoms with van der Waals surface area (Å²) in [7, 11) is 0. The van der Waals surface area contributed by atoms with Gasteiger partial charge in [0.25, 0.3) is 0 Å². The smallest absolute Gasteiger partial charge is 0.354 e. The molecule has 0 amide bonds. The van der Waals surface area contributed by atoms with Gasteiger partial charge >= 0.3 is 5.69 Å². The summed E-state index contributed by atoms with van der Waals surface area (Å²) in [6, 6.07) is 0.151. The van der Waals surface area contributed by atoms with E-state index in [0.717, 1.165) is 12.8 Å². The number of hydrogen-bond acceptors (Lipinski definition) is 7. The zero-order chi connectivity index (χ0) is 13.1. The van der Waals surface area contributed by atoms with Gasteiger partial charge in [0.2, 0.25) is 11.6 Å². The fourth-order valence-corrected chi connectivity index (χ4v) is 2.04.